The second-order valence-electron chi connectivity index (χ2n) is 13.7. The van der Waals surface area contributed by atoms with Gasteiger partial charge in [0.15, 0.2) is 23.2 Å². The van der Waals surface area contributed by atoms with Gasteiger partial charge >= 0.3 is 17.8 Å². The van der Waals surface area contributed by atoms with Crippen molar-refractivity contribution in [3.63, 3.8) is 0 Å². The number of rotatable bonds is 10. The van der Waals surface area contributed by atoms with Crippen molar-refractivity contribution in [2.24, 2.45) is 5.92 Å². The lowest BCUT2D eigenvalue weighted by Gasteiger charge is -2.29. The number of esters is 1. The number of ether oxygens (including phenoxy) is 2. The predicted octanol–water partition coefficient (Wildman–Crippen LogP) is 5.02. The normalized spacial score (nSPS) is 17.1. The fourth-order valence-electron chi connectivity index (χ4n) is 5.18. The van der Waals surface area contributed by atoms with Crippen LogP contribution in [0.4, 0.5) is 23.2 Å². The van der Waals surface area contributed by atoms with E-state index in [-0.39, 0.29) is 24.3 Å². The highest BCUT2D eigenvalue weighted by Crippen LogP contribution is 2.30. The molecule has 1 aliphatic rings. The Bertz CT molecular complexity index is 1520. The van der Waals surface area contributed by atoms with Gasteiger partial charge in [0.2, 0.25) is 17.5 Å². The summed E-state index contributed by atoms with van der Waals surface area (Å²) in [6.45, 7) is 9.55. The molecule has 3 N–H and O–H groups in total. The molecule has 0 aliphatic heterocycles. The summed E-state index contributed by atoms with van der Waals surface area (Å²) in [5.74, 6) is -13.5. The van der Waals surface area contributed by atoms with Crippen molar-refractivity contribution in [2.75, 3.05) is 11.9 Å². The van der Waals surface area contributed by atoms with Crippen molar-refractivity contribution >= 4 is 35.2 Å². The molecule has 10 nitrogen and oxygen atoms in total. The van der Waals surface area contributed by atoms with Gasteiger partial charge in [0.1, 0.15) is 18.2 Å². The topological polar surface area (TPSA) is 140 Å². The minimum absolute atomic E-state index is 0.0208. The number of hydrogen-bond acceptors (Lipinski definition) is 7. The van der Waals surface area contributed by atoms with E-state index in [1.165, 1.54) is 0 Å². The molecular formula is C34H41F4N3O7. The Kier molecular flexibility index (Phi) is 12.3. The van der Waals surface area contributed by atoms with E-state index >= 15 is 0 Å². The van der Waals surface area contributed by atoms with E-state index in [0.717, 1.165) is 5.56 Å². The molecule has 2 aromatic carbocycles. The molecule has 0 bridgehead atoms. The number of benzene rings is 2. The lowest BCUT2D eigenvalue weighted by Crippen LogP contribution is -2.49. The van der Waals surface area contributed by atoms with E-state index in [4.69, 9.17) is 9.47 Å². The summed E-state index contributed by atoms with van der Waals surface area (Å²) >= 11 is 0. The SMILES string of the molecule is CC(C)(C)OC(=O)C[C@H](NC(=O)C1CCC(NC(=O)C(=O)Nc2ccccc2C(C)(C)C)CC1)C(=O)COc1c(F)c(F)cc(F)c1F. The molecule has 3 amide bonds. The maximum atomic E-state index is 14.0. The van der Waals surface area contributed by atoms with Gasteiger partial charge in [-0.3, -0.25) is 24.0 Å². The van der Waals surface area contributed by atoms with Gasteiger partial charge in [-0.05, 0) is 63.5 Å². The van der Waals surface area contributed by atoms with Crippen molar-refractivity contribution in [3.8, 4) is 5.75 Å². The molecule has 48 heavy (non-hydrogen) atoms. The molecule has 0 unspecified atom stereocenters. The van der Waals surface area contributed by atoms with Gasteiger partial charge in [0.05, 0.1) is 6.42 Å². The zero-order chi connectivity index (χ0) is 36.0. The number of para-hydroxylation sites is 1. The van der Waals surface area contributed by atoms with E-state index in [1.54, 1.807) is 32.9 Å². The molecule has 14 heteroatoms. The van der Waals surface area contributed by atoms with Crippen molar-refractivity contribution < 1.29 is 51.0 Å². The quantitative estimate of drug-likeness (QED) is 0.139. The molecule has 0 heterocycles. The monoisotopic (exact) mass is 679 g/mol. The minimum atomic E-state index is -1.86. The molecule has 1 fully saturated rings. The molecule has 2 aromatic rings. The Labute approximate surface area is 276 Å². The van der Waals surface area contributed by atoms with E-state index < -0.39 is 95.1 Å². The van der Waals surface area contributed by atoms with Gasteiger partial charge in [0, 0.05) is 23.7 Å². The first-order valence-electron chi connectivity index (χ1n) is 15.5. The fourth-order valence-corrected chi connectivity index (χ4v) is 5.18. The van der Waals surface area contributed by atoms with Crippen molar-refractivity contribution in [2.45, 2.75) is 96.7 Å². The Balaban J connectivity index is 1.61. The highest BCUT2D eigenvalue weighted by molar-refractivity contribution is 6.39. The molecule has 0 saturated heterocycles. The van der Waals surface area contributed by atoms with Crippen LogP contribution in [0.5, 0.6) is 5.75 Å². The van der Waals surface area contributed by atoms with Crippen LogP contribution in [-0.2, 0) is 34.1 Å². The zero-order valence-corrected chi connectivity index (χ0v) is 27.7. The summed E-state index contributed by atoms with van der Waals surface area (Å²) in [7, 11) is 0. The standard InChI is InChI=1S/C34H41F4N3O7/c1-33(2,3)20-9-7-8-10-23(20)40-32(46)31(45)39-19-13-11-18(12-14-19)30(44)41-24(16-26(43)48-34(4,5)6)25(42)17-47-29-27(37)21(35)15-22(36)28(29)38/h7-10,15,18-19,24H,11-14,16-17H2,1-6H3,(H,39,45)(H,40,46)(H,41,44)/t18?,19?,24-/m0/s1. The van der Waals surface area contributed by atoms with Gasteiger partial charge in [-0.2, -0.15) is 8.78 Å². The smallest absolute Gasteiger partial charge is 0.313 e. The second kappa shape index (κ2) is 15.6. The number of ketones is 1. The van der Waals surface area contributed by atoms with Gasteiger partial charge < -0.3 is 25.4 Å². The number of anilines is 1. The van der Waals surface area contributed by atoms with E-state index in [9.17, 15) is 41.5 Å². The fraction of sp³-hybridized carbons (Fsp3) is 0.500. The van der Waals surface area contributed by atoms with Gasteiger partial charge in [0.25, 0.3) is 0 Å². The zero-order valence-electron chi connectivity index (χ0n) is 27.7. The van der Waals surface area contributed by atoms with Crippen molar-refractivity contribution in [3.05, 3.63) is 59.2 Å². The van der Waals surface area contributed by atoms with E-state index in [1.807, 2.05) is 32.9 Å². The Morgan fingerprint density at radius 1 is 0.854 bits per heavy atom. The second-order valence-corrected chi connectivity index (χ2v) is 13.7. The summed E-state index contributed by atoms with van der Waals surface area (Å²) in [6, 6.07) is 5.17. The Morgan fingerprint density at radius 2 is 1.44 bits per heavy atom. The maximum Gasteiger partial charge on any atom is 0.313 e. The lowest BCUT2D eigenvalue weighted by atomic mass is 9.85. The average molecular weight is 680 g/mol. The van der Waals surface area contributed by atoms with Gasteiger partial charge in [-0.1, -0.05) is 39.0 Å². The first-order valence-corrected chi connectivity index (χ1v) is 15.5. The van der Waals surface area contributed by atoms with Crippen LogP contribution in [0, 0.1) is 29.2 Å². The third-order valence-corrected chi connectivity index (χ3v) is 7.55. The summed E-state index contributed by atoms with van der Waals surface area (Å²) < 4.78 is 65.2. The molecule has 3 rings (SSSR count). The van der Waals surface area contributed by atoms with Crippen LogP contribution >= 0.6 is 0 Å². The molecule has 0 aromatic heterocycles. The minimum Gasteiger partial charge on any atom is -0.479 e. The van der Waals surface area contributed by atoms with Gasteiger partial charge in [-0.15, -0.1) is 0 Å². The number of nitrogens with one attached hydrogen (secondary N) is 3. The van der Waals surface area contributed by atoms with E-state index in [0.29, 0.717) is 18.5 Å². The molecule has 1 saturated carbocycles. The molecule has 1 atom stereocenters. The number of carbonyl (C=O) groups is 5. The third-order valence-electron chi connectivity index (χ3n) is 7.55. The van der Waals surface area contributed by atoms with Crippen LogP contribution in [0.15, 0.2) is 30.3 Å². The Morgan fingerprint density at radius 3 is 2.00 bits per heavy atom. The maximum absolute atomic E-state index is 14.0. The highest BCUT2D eigenvalue weighted by Gasteiger charge is 2.33. The van der Waals surface area contributed by atoms with Crippen molar-refractivity contribution in [1.29, 1.82) is 0 Å². The summed E-state index contributed by atoms with van der Waals surface area (Å²) in [5, 5.41) is 7.79. The van der Waals surface area contributed by atoms with Crippen LogP contribution in [0.1, 0.15) is 79.2 Å². The van der Waals surface area contributed by atoms with Crippen molar-refractivity contribution in [1.82, 2.24) is 10.6 Å². The number of hydrogen-bond donors (Lipinski definition) is 3. The van der Waals surface area contributed by atoms with Crippen LogP contribution < -0.4 is 20.7 Å². The molecular weight excluding hydrogens is 638 g/mol. The summed E-state index contributed by atoms with van der Waals surface area (Å²) in [6.07, 6.45) is 0.509. The van der Waals surface area contributed by atoms with Crippen LogP contribution in [0.25, 0.3) is 0 Å². The van der Waals surface area contributed by atoms with Crippen LogP contribution in [-0.4, -0.2) is 53.8 Å². The van der Waals surface area contributed by atoms with Gasteiger partial charge in [-0.25, -0.2) is 8.78 Å². The number of Topliss-reactive ketones (excluding diaryl/α,β-unsaturated/α-hetero) is 1. The first kappa shape index (κ1) is 38.0. The summed E-state index contributed by atoms with van der Waals surface area (Å²) in [4.78, 5) is 64.1. The Hall–Kier alpha value is -4.49. The summed E-state index contributed by atoms with van der Waals surface area (Å²) in [5.41, 5.74) is 0.158. The van der Waals surface area contributed by atoms with Crippen LogP contribution in [0.2, 0.25) is 0 Å². The number of carbonyl (C=O) groups excluding carboxylic acids is 5. The molecule has 0 radical (unpaired) electrons. The third kappa shape index (κ3) is 10.5. The molecule has 0 spiro atoms. The van der Waals surface area contributed by atoms with Crippen LogP contribution in [0.3, 0.4) is 0 Å². The largest absolute Gasteiger partial charge is 0.479 e. The molecule has 1 aliphatic carbocycles. The predicted molar refractivity (Wildman–Crippen MR) is 167 cm³/mol. The average Bonchev–Trinajstić information content (AvgIpc) is 2.98. The number of halogens is 4. The highest BCUT2D eigenvalue weighted by atomic mass is 19.2. The lowest BCUT2D eigenvalue weighted by molar-refractivity contribution is -0.156. The first-order chi connectivity index (χ1) is 22.3. The number of amides is 3. The molecule has 262 valence electrons. The van der Waals surface area contributed by atoms with E-state index in [2.05, 4.69) is 16.0 Å².